The highest BCUT2D eigenvalue weighted by Crippen LogP contribution is 2.32. The van der Waals surface area contributed by atoms with Crippen LogP contribution >= 0.6 is 0 Å². The molecule has 0 unspecified atom stereocenters. The molecule has 0 aromatic heterocycles. The van der Waals surface area contributed by atoms with Gasteiger partial charge in [-0.15, -0.1) is 0 Å². The number of hydrogen-bond donors (Lipinski definition) is 0. The normalized spacial score (nSPS) is 14.9. The first kappa shape index (κ1) is 24.6. The standard InChI is InChI=1S/C29H22N2O7/c32-26(20-7-3-8-23(15-20)31(35)36)18-37-29(34)21-16-28(33)30(17-21)22-11-13-24(14-12-22)38-27-10-4-6-19-5-1-2-9-25(19)27/h1-15,21H,16-18H2/t21-/m0/s1. The number of benzene rings is 4. The van der Waals surface area contributed by atoms with Gasteiger partial charge in [-0.2, -0.15) is 0 Å². The van der Waals surface area contributed by atoms with Crippen molar-refractivity contribution in [2.45, 2.75) is 6.42 Å². The van der Waals surface area contributed by atoms with E-state index in [1.54, 1.807) is 24.3 Å². The van der Waals surface area contributed by atoms with Crippen molar-refractivity contribution in [3.63, 3.8) is 0 Å². The molecule has 0 aliphatic carbocycles. The second-order valence-corrected chi connectivity index (χ2v) is 8.82. The molecule has 5 rings (SSSR count). The number of Topliss-reactive ketones (excluding diaryl/α,β-unsaturated/α-hetero) is 1. The Morgan fingerprint density at radius 2 is 1.68 bits per heavy atom. The van der Waals surface area contributed by atoms with Gasteiger partial charge in [0, 0.05) is 41.7 Å². The molecule has 9 heteroatoms. The van der Waals surface area contributed by atoms with Gasteiger partial charge in [0.1, 0.15) is 11.5 Å². The number of fused-ring (bicyclic) bond motifs is 1. The van der Waals surface area contributed by atoms with Crippen LogP contribution in [0.25, 0.3) is 10.8 Å². The third-order valence-electron chi connectivity index (χ3n) is 6.31. The van der Waals surface area contributed by atoms with E-state index in [0.717, 1.165) is 22.6 Å². The lowest BCUT2D eigenvalue weighted by Gasteiger charge is -2.17. The smallest absolute Gasteiger partial charge is 0.311 e. The Labute approximate surface area is 217 Å². The third-order valence-corrected chi connectivity index (χ3v) is 6.31. The van der Waals surface area contributed by atoms with Crippen molar-refractivity contribution in [3.05, 3.63) is 107 Å². The number of carbonyl (C=O) groups excluding carboxylic acids is 3. The number of rotatable bonds is 8. The fourth-order valence-electron chi connectivity index (χ4n) is 4.35. The minimum Gasteiger partial charge on any atom is -0.457 e. The number of esters is 1. The highest BCUT2D eigenvalue weighted by Gasteiger charge is 2.36. The molecule has 1 atom stereocenters. The Morgan fingerprint density at radius 3 is 2.47 bits per heavy atom. The molecular formula is C29H22N2O7. The molecule has 1 amide bonds. The van der Waals surface area contributed by atoms with Crippen molar-refractivity contribution in [3.8, 4) is 11.5 Å². The predicted octanol–water partition coefficient (Wildman–Crippen LogP) is 5.32. The molecule has 0 bridgehead atoms. The lowest BCUT2D eigenvalue weighted by Crippen LogP contribution is -2.27. The van der Waals surface area contributed by atoms with Gasteiger partial charge in [0.2, 0.25) is 11.7 Å². The quantitative estimate of drug-likeness (QED) is 0.136. The Bertz CT molecular complexity index is 1540. The molecule has 1 heterocycles. The molecule has 9 nitrogen and oxygen atoms in total. The molecule has 1 aliphatic rings. The Kier molecular flexibility index (Phi) is 6.82. The summed E-state index contributed by atoms with van der Waals surface area (Å²) >= 11 is 0. The fraction of sp³-hybridized carbons (Fsp3) is 0.138. The monoisotopic (exact) mass is 510 g/mol. The third kappa shape index (κ3) is 5.22. The van der Waals surface area contributed by atoms with Gasteiger partial charge in [-0.1, -0.05) is 48.5 Å². The maximum Gasteiger partial charge on any atom is 0.311 e. The predicted molar refractivity (Wildman–Crippen MR) is 139 cm³/mol. The molecule has 0 spiro atoms. The number of non-ortho nitro benzene ring substituents is 1. The summed E-state index contributed by atoms with van der Waals surface area (Å²) in [5.41, 5.74) is 0.456. The number of nitrogens with zero attached hydrogens (tertiary/aromatic N) is 2. The molecule has 0 radical (unpaired) electrons. The lowest BCUT2D eigenvalue weighted by molar-refractivity contribution is -0.384. The Balaban J connectivity index is 1.19. The van der Waals surface area contributed by atoms with E-state index in [4.69, 9.17) is 9.47 Å². The van der Waals surface area contributed by atoms with Crippen molar-refractivity contribution in [1.82, 2.24) is 0 Å². The molecule has 1 saturated heterocycles. The first-order valence-electron chi connectivity index (χ1n) is 11.9. The zero-order valence-corrected chi connectivity index (χ0v) is 20.1. The topological polar surface area (TPSA) is 116 Å². The Hall–Kier alpha value is -5.05. The van der Waals surface area contributed by atoms with E-state index in [1.807, 2.05) is 42.5 Å². The van der Waals surface area contributed by atoms with Crippen molar-refractivity contribution in [2.24, 2.45) is 5.92 Å². The van der Waals surface area contributed by atoms with E-state index >= 15 is 0 Å². The Morgan fingerprint density at radius 1 is 0.947 bits per heavy atom. The second kappa shape index (κ2) is 10.5. The van der Waals surface area contributed by atoms with E-state index in [9.17, 15) is 24.5 Å². The van der Waals surface area contributed by atoms with Gasteiger partial charge < -0.3 is 14.4 Å². The molecule has 4 aromatic rings. The van der Waals surface area contributed by atoms with Crippen molar-refractivity contribution in [2.75, 3.05) is 18.1 Å². The van der Waals surface area contributed by atoms with E-state index < -0.39 is 29.2 Å². The van der Waals surface area contributed by atoms with Crippen molar-refractivity contribution >= 4 is 39.8 Å². The van der Waals surface area contributed by atoms with Crippen LogP contribution in [0.4, 0.5) is 11.4 Å². The molecule has 1 fully saturated rings. The molecule has 0 N–H and O–H groups in total. The SMILES string of the molecule is O=C(COC(=O)[C@H]1CC(=O)N(c2ccc(Oc3cccc4ccccc34)cc2)C1)c1cccc([N+](=O)[O-])c1. The first-order chi connectivity index (χ1) is 18.4. The number of anilines is 1. The van der Waals surface area contributed by atoms with Crippen LogP contribution in [0, 0.1) is 16.0 Å². The van der Waals surface area contributed by atoms with Crippen LogP contribution in [-0.2, 0) is 14.3 Å². The molecule has 190 valence electrons. The maximum absolute atomic E-state index is 12.6. The van der Waals surface area contributed by atoms with Gasteiger partial charge >= 0.3 is 5.97 Å². The molecule has 0 saturated carbocycles. The number of nitro groups is 1. The van der Waals surface area contributed by atoms with Gasteiger partial charge in [-0.25, -0.2) is 0 Å². The molecule has 1 aliphatic heterocycles. The van der Waals surface area contributed by atoms with Crippen LogP contribution in [0.1, 0.15) is 16.8 Å². The van der Waals surface area contributed by atoms with Crippen LogP contribution in [-0.4, -0.2) is 35.7 Å². The molecule has 38 heavy (non-hydrogen) atoms. The second-order valence-electron chi connectivity index (χ2n) is 8.82. The average Bonchev–Trinajstić information content (AvgIpc) is 3.33. The van der Waals surface area contributed by atoms with Gasteiger partial charge in [0.25, 0.3) is 5.69 Å². The van der Waals surface area contributed by atoms with Gasteiger partial charge in [-0.05, 0) is 35.7 Å². The van der Waals surface area contributed by atoms with E-state index in [0.29, 0.717) is 11.4 Å². The van der Waals surface area contributed by atoms with Crippen molar-refractivity contribution < 1.29 is 28.8 Å². The molecular weight excluding hydrogens is 488 g/mol. The number of nitro benzene ring substituents is 1. The van der Waals surface area contributed by atoms with Crippen molar-refractivity contribution in [1.29, 1.82) is 0 Å². The summed E-state index contributed by atoms with van der Waals surface area (Å²) in [5.74, 6) is -0.879. The maximum atomic E-state index is 12.6. The molecule has 4 aromatic carbocycles. The minimum atomic E-state index is -0.730. The summed E-state index contributed by atoms with van der Waals surface area (Å²) in [6.07, 6.45) is -0.0436. The van der Waals surface area contributed by atoms with Gasteiger partial charge in [-0.3, -0.25) is 24.5 Å². The zero-order valence-electron chi connectivity index (χ0n) is 20.1. The van der Waals surface area contributed by atoms with Crippen LogP contribution in [0.2, 0.25) is 0 Å². The highest BCUT2D eigenvalue weighted by molar-refractivity contribution is 6.01. The number of amides is 1. The average molecular weight is 511 g/mol. The van der Waals surface area contributed by atoms with Crippen LogP contribution in [0.5, 0.6) is 11.5 Å². The number of carbonyl (C=O) groups is 3. The highest BCUT2D eigenvalue weighted by atomic mass is 16.6. The van der Waals surface area contributed by atoms with E-state index in [-0.39, 0.29) is 30.1 Å². The van der Waals surface area contributed by atoms with Gasteiger partial charge in [0.15, 0.2) is 6.61 Å². The summed E-state index contributed by atoms with van der Waals surface area (Å²) < 4.78 is 11.2. The summed E-state index contributed by atoms with van der Waals surface area (Å²) in [5, 5.41) is 13.0. The summed E-state index contributed by atoms with van der Waals surface area (Å²) in [4.78, 5) is 49.3. The minimum absolute atomic E-state index is 0.0436. The van der Waals surface area contributed by atoms with Crippen LogP contribution < -0.4 is 9.64 Å². The van der Waals surface area contributed by atoms with E-state index in [2.05, 4.69) is 0 Å². The summed E-state index contributed by atoms with van der Waals surface area (Å²) in [7, 11) is 0. The summed E-state index contributed by atoms with van der Waals surface area (Å²) in [6, 6.07) is 25.9. The lowest BCUT2D eigenvalue weighted by atomic mass is 10.1. The number of hydrogen-bond acceptors (Lipinski definition) is 7. The fourth-order valence-corrected chi connectivity index (χ4v) is 4.35. The number of ketones is 1. The number of ether oxygens (including phenoxy) is 2. The zero-order chi connectivity index (χ0) is 26.6. The first-order valence-corrected chi connectivity index (χ1v) is 11.9. The summed E-state index contributed by atoms with van der Waals surface area (Å²) in [6.45, 7) is -0.447. The van der Waals surface area contributed by atoms with Gasteiger partial charge in [0.05, 0.1) is 10.8 Å². The van der Waals surface area contributed by atoms with Crippen LogP contribution in [0.3, 0.4) is 0 Å². The van der Waals surface area contributed by atoms with E-state index in [1.165, 1.54) is 23.1 Å². The van der Waals surface area contributed by atoms with Crippen LogP contribution in [0.15, 0.2) is 91.0 Å². The largest absolute Gasteiger partial charge is 0.457 e.